The average Bonchev–Trinajstić information content (AvgIpc) is 2.53. The minimum Gasteiger partial charge on any atom is -0.286 e. The largest absolute Gasteiger partial charge is 0.286 e. The van der Waals surface area contributed by atoms with Gasteiger partial charge in [-0.1, -0.05) is 23.8 Å². The first-order chi connectivity index (χ1) is 10.9. The van der Waals surface area contributed by atoms with E-state index in [1.807, 2.05) is 38.1 Å². The number of nitrogens with zero attached hydrogens (tertiary/aromatic N) is 2. The van der Waals surface area contributed by atoms with Crippen LogP contribution in [0.25, 0.3) is 0 Å². The van der Waals surface area contributed by atoms with Gasteiger partial charge < -0.3 is 0 Å². The molecule has 0 aromatic heterocycles. The number of hydrazine groups is 1. The molecule has 6 heteroatoms. The van der Waals surface area contributed by atoms with Gasteiger partial charge in [0.25, 0.3) is 11.6 Å². The van der Waals surface area contributed by atoms with Crippen LogP contribution in [0.1, 0.15) is 28.4 Å². The van der Waals surface area contributed by atoms with Crippen molar-refractivity contribution in [1.82, 2.24) is 5.43 Å². The molecule has 0 saturated carbocycles. The van der Waals surface area contributed by atoms with Crippen molar-refractivity contribution >= 4 is 17.3 Å². The second kappa shape index (κ2) is 6.91. The molecule has 0 aliphatic rings. The molecule has 2 rings (SSSR count). The number of amides is 1. The summed E-state index contributed by atoms with van der Waals surface area (Å²) in [6, 6.07) is 12.2. The lowest BCUT2D eigenvalue weighted by Crippen LogP contribution is -2.42. The Morgan fingerprint density at radius 2 is 1.83 bits per heavy atom. The van der Waals surface area contributed by atoms with E-state index in [0.29, 0.717) is 12.1 Å². The third kappa shape index (κ3) is 3.85. The van der Waals surface area contributed by atoms with Crippen molar-refractivity contribution in [3.63, 3.8) is 0 Å². The molecule has 0 unspecified atom stereocenters. The quantitative estimate of drug-likeness (QED) is 0.678. The first-order valence-corrected chi connectivity index (χ1v) is 7.32. The second-order valence-corrected chi connectivity index (χ2v) is 5.28. The van der Waals surface area contributed by atoms with Crippen molar-refractivity contribution in [3.05, 3.63) is 69.3 Å². The van der Waals surface area contributed by atoms with Crippen molar-refractivity contribution < 1.29 is 9.72 Å². The molecule has 0 fully saturated rings. The van der Waals surface area contributed by atoms with E-state index in [4.69, 9.17) is 0 Å². The summed E-state index contributed by atoms with van der Waals surface area (Å²) in [6.45, 7) is 6.12. The first kappa shape index (κ1) is 16.5. The minimum absolute atomic E-state index is 0.0592. The highest BCUT2D eigenvalue weighted by Crippen LogP contribution is 2.20. The van der Waals surface area contributed by atoms with E-state index in [2.05, 4.69) is 5.43 Å². The van der Waals surface area contributed by atoms with E-state index < -0.39 is 4.92 Å². The van der Waals surface area contributed by atoms with E-state index in [1.54, 1.807) is 24.1 Å². The zero-order valence-corrected chi connectivity index (χ0v) is 13.4. The Labute approximate surface area is 134 Å². The summed E-state index contributed by atoms with van der Waals surface area (Å²) < 4.78 is 0. The van der Waals surface area contributed by atoms with Gasteiger partial charge in [0.05, 0.1) is 10.6 Å². The van der Waals surface area contributed by atoms with Crippen molar-refractivity contribution in [2.75, 3.05) is 11.6 Å². The van der Waals surface area contributed by atoms with Gasteiger partial charge in [-0.15, -0.1) is 0 Å². The number of benzene rings is 2. The van der Waals surface area contributed by atoms with Gasteiger partial charge in [-0.05, 0) is 39.0 Å². The fourth-order valence-electron chi connectivity index (χ4n) is 2.19. The fraction of sp³-hybridized carbons (Fsp3) is 0.235. The number of nitrogens with one attached hydrogen (secondary N) is 1. The normalized spacial score (nSPS) is 10.2. The molecule has 2 aromatic carbocycles. The fourth-order valence-corrected chi connectivity index (χ4v) is 2.19. The predicted octanol–water partition coefficient (Wildman–Crippen LogP) is 3.38. The molecule has 6 nitrogen and oxygen atoms in total. The van der Waals surface area contributed by atoms with Gasteiger partial charge in [0, 0.05) is 23.7 Å². The topological polar surface area (TPSA) is 75.5 Å². The van der Waals surface area contributed by atoms with Crippen molar-refractivity contribution in [2.45, 2.75) is 20.8 Å². The highest BCUT2D eigenvalue weighted by Gasteiger charge is 2.16. The zero-order chi connectivity index (χ0) is 17.0. The molecule has 2 aromatic rings. The van der Waals surface area contributed by atoms with Crippen molar-refractivity contribution in [3.8, 4) is 0 Å². The summed E-state index contributed by atoms with van der Waals surface area (Å²) in [5.74, 6) is -0.379. The molecule has 0 saturated heterocycles. The molecule has 0 heterocycles. The Balaban J connectivity index is 2.21. The number of nitro benzene ring substituents is 1. The molecule has 0 atom stereocenters. The van der Waals surface area contributed by atoms with Gasteiger partial charge in [-0.25, -0.2) is 0 Å². The summed E-state index contributed by atoms with van der Waals surface area (Å²) in [5, 5.41) is 12.7. The summed E-state index contributed by atoms with van der Waals surface area (Å²) in [7, 11) is 0. The van der Waals surface area contributed by atoms with Gasteiger partial charge >= 0.3 is 0 Å². The van der Waals surface area contributed by atoms with Crippen LogP contribution in [0, 0.1) is 24.0 Å². The third-order valence-corrected chi connectivity index (χ3v) is 3.57. The monoisotopic (exact) mass is 313 g/mol. The van der Waals surface area contributed by atoms with Crippen LogP contribution in [0.15, 0.2) is 42.5 Å². The number of rotatable bonds is 5. The molecule has 0 aliphatic carbocycles. The van der Waals surface area contributed by atoms with Crippen LogP contribution in [0.2, 0.25) is 0 Å². The van der Waals surface area contributed by atoms with Crippen LogP contribution < -0.4 is 10.4 Å². The highest BCUT2D eigenvalue weighted by atomic mass is 16.6. The van der Waals surface area contributed by atoms with Crippen LogP contribution in [0.3, 0.4) is 0 Å². The Kier molecular flexibility index (Phi) is 4.95. The lowest BCUT2D eigenvalue weighted by atomic mass is 10.1. The number of anilines is 1. The molecule has 120 valence electrons. The Hall–Kier alpha value is -2.89. The number of aryl methyl sites for hydroxylation is 2. The summed E-state index contributed by atoms with van der Waals surface area (Å²) in [6.07, 6.45) is 0. The SMILES string of the molecule is CCN(NC(=O)c1ccc(C)c([N+](=O)[O-])c1)c1ccc(C)cc1. The molecule has 0 aliphatic heterocycles. The van der Waals surface area contributed by atoms with E-state index in [0.717, 1.165) is 11.3 Å². The Bertz CT molecular complexity index is 726. The smallest absolute Gasteiger partial charge is 0.273 e. The van der Waals surface area contributed by atoms with Crippen LogP contribution in [0.4, 0.5) is 11.4 Å². The number of nitro groups is 1. The molecular formula is C17H19N3O3. The predicted molar refractivity (Wildman–Crippen MR) is 89.5 cm³/mol. The Morgan fingerprint density at radius 3 is 2.39 bits per heavy atom. The maximum Gasteiger partial charge on any atom is 0.273 e. The zero-order valence-electron chi connectivity index (χ0n) is 13.4. The minimum atomic E-state index is -0.482. The molecule has 0 spiro atoms. The maximum absolute atomic E-state index is 12.4. The number of hydrogen-bond donors (Lipinski definition) is 1. The van der Waals surface area contributed by atoms with E-state index in [1.165, 1.54) is 6.07 Å². The van der Waals surface area contributed by atoms with Crippen LogP contribution >= 0.6 is 0 Å². The van der Waals surface area contributed by atoms with Gasteiger partial charge in [0.15, 0.2) is 0 Å². The lowest BCUT2D eigenvalue weighted by Gasteiger charge is -2.24. The third-order valence-electron chi connectivity index (χ3n) is 3.57. The van der Waals surface area contributed by atoms with E-state index in [-0.39, 0.29) is 17.2 Å². The average molecular weight is 313 g/mol. The highest BCUT2D eigenvalue weighted by molar-refractivity contribution is 5.95. The van der Waals surface area contributed by atoms with Crippen LogP contribution in [-0.2, 0) is 0 Å². The standard InChI is InChI=1S/C17H19N3O3/c1-4-19(15-9-5-12(2)6-10-15)18-17(21)14-8-7-13(3)16(11-14)20(22)23/h5-11H,4H2,1-3H3,(H,18,21). The molecule has 1 amide bonds. The Morgan fingerprint density at radius 1 is 1.17 bits per heavy atom. The van der Waals surface area contributed by atoms with Gasteiger partial charge in [0.2, 0.25) is 0 Å². The maximum atomic E-state index is 12.4. The van der Waals surface area contributed by atoms with E-state index >= 15 is 0 Å². The van der Waals surface area contributed by atoms with Gasteiger partial charge in [-0.2, -0.15) is 0 Å². The molecule has 1 N–H and O–H groups in total. The van der Waals surface area contributed by atoms with E-state index in [9.17, 15) is 14.9 Å². The van der Waals surface area contributed by atoms with Crippen molar-refractivity contribution in [1.29, 1.82) is 0 Å². The van der Waals surface area contributed by atoms with Crippen LogP contribution in [0.5, 0.6) is 0 Å². The molecule has 23 heavy (non-hydrogen) atoms. The summed E-state index contributed by atoms with van der Waals surface area (Å²) >= 11 is 0. The number of carbonyl (C=O) groups excluding carboxylic acids is 1. The summed E-state index contributed by atoms with van der Waals surface area (Å²) in [4.78, 5) is 22.9. The second-order valence-electron chi connectivity index (χ2n) is 5.28. The number of hydrogen-bond acceptors (Lipinski definition) is 4. The number of carbonyl (C=O) groups is 1. The van der Waals surface area contributed by atoms with Gasteiger partial charge in [-0.3, -0.25) is 25.3 Å². The molecule has 0 bridgehead atoms. The summed E-state index contributed by atoms with van der Waals surface area (Å²) in [5.41, 5.74) is 5.48. The molecular weight excluding hydrogens is 294 g/mol. The van der Waals surface area contributed by atoms with Crippen molar-refractivity contribution in [2.24, 2.45) is 0 Å². The molecule has 0 radical (unpaired) electrons. The van der Waals surface area contributed by atoms with Crippen LogP contribution in [-0.4, -0.2) is 17.4 Å². The first-order valence-electron chi connectivity index (χ1n) is 7.32. The van der Waals surface area contributed by atoms with Gasteiger partial charge in [0.1, 0.15) is 0 Å². The lowest BCUT2D eigenvalue weighted by molar-refractivity contribution is -0.385.